The van der Waals surface area contributed by atoms with Crippen LogP contribution in [0.4, 0.5) is 16.2 Å². The summed E-state index contributed by atoms with van der Waals surface area (Å²) in [5.74, 6) is 0. The van der Waals surface area contributed by atoms with E-state index in [0.29, 0.717) is 18.8 Å². The fourth-order valence-corrected chi connectivity index (χ4v) is 3.57. The molecule has 2 aromatic rings. The van der Waals surface area contributed by atoms with Gasteiger partial charge in [-0.15, -0.1) is 0 Å². The number of rotatable bonds is 3. The number of carbonyl (C=O) groups excluding carboxylic acids is 1. The lowest BCUT2D eigenvalue weighted by Gasteiger charge is -2.37. The molecule has 27 heavy (non-hydrogen) atoms. The zero-order valence-corrected chi connectivity index (χ0v) is 16.8. The minimum Gasteiger partial charge on any atom is -0.444 e. The highest BCUT2D eigenvalue weighted by Gasteiger charge is 2.30. The van der Waals surface area contributed by atoms with Gasteiger partial charge in [-0.1, -0.05) is 29.8 Å². The van der Waals surface area contributed by atoms with Gasteiger partial charge in [0.15, 0.2) is 5.15 Å². The summed E-state index contributed by atoms with van der Waals surface area (Å²) in [5.41, 5.74) is 7.65. The molecular weight excluding hydrogens is 364 g/mol. The van der Waals surface area contributed by atoms with Crippen molar-refractivity contribution in [2.75, 3.05) is 24.1 Å². The van der Waals surface area contributed by atoms with Crippen molar-refractivity contribution in [3.05, 3.63) is 29.4 Å². The number of nitrogens with zero attached hydrogens (tertiary/aromatic N) is 2. The van der Waals surface area contributed by atoms with Crippen LogP contribution in [0.5, 0.6) is 0 Å². The van der Waals surface area contributed by atoms with Crippen molar-refractivity contribution in [2.24, 2.45) is 0 Å². The van der Waals surface area contributed by atoms with Crippen molar-refractivity contribution in [1.82, 2.24) is 9.88 Å². The van der Waals surface area contributed by atoms with Crippen molar-refractivity contribution < 1.29 is 9.53 Å². The first-order valence-corrected chi connectivity index (χ1v) is 9.71. The lowest BCUT2D eigenvalue weighted by molar-refractivity contribution is 0.0114. The number of anilines is 2. The summed E-state index contributed by atoms with van der Waals surface area (Å²) in [6, 6.07) is 7.76. The molecule has 146 valence electrons. The maximum atomic E-state index is 12.6. The molecule has 1 amide bonds. The fraction of sp³-hybridized carbons (Fsp3) is 0.500. The Hall–Kier alpha value is -2.21. The number of halogens is 1. The first-order chi connectivity index (χ1) is 12.8. The summed E-state index contributed by atoms with van der Waals surface area (Å²) in [7, 11) is 0. The number of pyridine rings is 1. The van der Waals surface area contributed by atoms with E-state index in [-0.39, 0.29) is 17.3 Å². The Labute approximate surface area is 165 Å². The third kappa shape index (κ3) is 4.56. The third-order valence-corrected chi connectivity index (χ3v) is 4.94. The molecule has 1 aromatic heterocycles. The van der Waals surface area contributed by atoms with Crippen LogP contribution in [0.3, 0.4) is 0 Å². The molecule has 1 aliphatic rings. The minimum absolute atomic E-state index is 0.0405. The van der Waals surface area contributed by atoms with E-state index in [1.807, 2.05) is 49.9 Å². The van der Waals surface area contributed by atoms with Crippen molar-refractivity contribution in [1.29, 1.82) is 0 Å². The Balaban J connectivity index is 1.80. The SMILES string of the molecule is CC(C)(C)OC(=O)N1CCCCC1CNc1c(N)c(Cl)nc2ccccc12. The number of amides is 1. The van der Waals surface area contributed by atoms with Crippen LogP contribution in [0, 0.1) is 0 Å². The van der Waals surface area contributed by atoms with Crippen LogP contribution >= 0.6 is 11.6 Å². The highest BCUT2D eigenvalue weighted by molar-refractivity contribution is 6.33. The Bertz CT molecular complexity index is 835. The van der Waals surface area contributed by atoms with Gasteiger partial charge in [-0.05, 0) is 46.1 Å². The zero-order valence-electron chi connectivity index (χ0n) is 16.1. The molecule has 7 heteroatoms. The van der Waals surface area contributed by atoms with E-state index in [0.717, 1.165) is 35.9 Å². The summed E-state index contributed by atoms with van der Waals surface area (Å²) in [4.78, 5) is 18.7. The maximum Gasteiger partial charge on any atom is 0.410 e. The number of ether oxygens (including phenoxy) is 1. The summed E-state index contributed by atoms with van der Waals surface area (Å²) in [5, 5.41) is 4.61. The Morgan fingerprint density at radius 2 is 2.11 bits per heavy atom. The number of nitrogens with two attached hydrogens (primary N) is 1. The first kappa shape index (κ1) is 19.5. The Morgan fingerprint density at radius 1 is 1.37 bits per heavy atom. The number of benzene rings is 1. The number of piperidine rings is 1. The predicted octanol–water partition coefficient (Wildman–Crippen LogP) is 4.67. The van der Waals surface area contributed by atoms with E-state index >= 15 is 0 Å². The van der Waals surface area contributed by atoms with Gasteiger partial charge in [-0.25, -0.2) is 9.78 Å². The number of carbonyl (C=O) groups is 1. The number of aromatic nitrogens is 1. The second-order valence-corrected chi connectivity index (χ2v) is 8.27. The molecule has 1 fully saturated rings. The third-order valence-electron chi connectivity index (χ3n) is 4.65. The zero-order chi connectivity index (χ0) is 19.6. The molecule has 1 aliphatic heterocycles. The largest absolute Gasteiger partial charge is 0.444 e. The standard InChI is InChI=1S/C20H27ClN4O2/c1-20(2,3)27-19(26)25-11-7-6-8-13(25)12-23-17-14-9-4-5-10-15(14)24-18(21)16(17)22/h4-5,9-10,13H,6-8,11-12,22H2,1-3H3,(H,23,24). The lowest BCUT2D eigenvalue weighted by atomic mass is 10.0. The Morgan fingerprint density at radius 3 is 2.85 bits per heavy atom. The predicted molar refractivity (Wildman–Crippen MR) is 110 cm³/mol. The van der Waals surface area contributed by atoms with Crippen LogP contribution in [0.15, 0.2) is 24.3 Å². The monoisotopic (exact) mass is 390 g/mol. The van der Waals surface area contributed by atoms with Gasteiger partial charge in [0, 0.05) is 18.5 Å². The summed E-state index contributed by atoms with van der Waals surface area (Å²) in [6.45, 7) is 6.93. The van der Waals surface area contributed by atoms with E-state index in [1.165, 1.54) is 0 Å². The number of nitrogen functional groups attached to an aromatic ring is 1. The van der Waals surface area contributed by atoms with Crippen LogP contribution in [0.2, 0.25) is 5.15 Å². The molecule has 0 radical (unpaired) electrons. The van der Waals surface area contributed by atoms with Gasteiger partial charge in [-0.3, -0.25) is 0 Å². The molecule has 0 bridgehead atoms. The fourth-order valence-electron chi connectivity index (χ4n) is 3.38. The lowest BCUT2D eigenvalue weighted by Crippen LogP contribution is -2.48. The van der Waals surface area contributed by atoms with Gasteiger partial charge in [-0.2, -0.15) is 0 Å². The molecule has 3 N–H and O–H groups in total. The van der Waals surface area contributed by atoms with E-state index < -0.39 is 5.60 Å². The summed E-state index contributed by atoms with van der Waals surface area (Å²) >= 11 is 6.21. The van der Waals surface area contributed by atoms with Gasteiger partial charge in [0.05, 0.1) is 22.9 Å². The molecule has 0 spiro atoms. The van der Waals surface area contributed by atoms with Crippen LogP contribution < -0.4 is 11.1 Å². The van der Waals surface area contributed by atoms with Crippen molar-refractivity contribution in [3.8, 4) is 0 Å². The number of para-hydroxylation sites is 1. The molecule has 6 nitrogen and oxygen atoms in total. The number of hydrogen-bond acceptors (Lipinski definition) is 5. The van der Waals surface area contributed by atoms with E-state index in [9.17, 15) is 4.79 Å². The normalized spacial score (nSPS) is 17.8. The molecule has 0 aliphatic carbocycles. The quantitative estimate of drug-likeness (QED) is 0.744. The van der Waals surface area contributed by atoms with Crippen LogP contribution in [0.1, 0.15) is 40.0 Å². The topological polar surface area (TPSA) is 80.5 Å². The van der Waals surface area contributed by atoms with Crippen molar-refractivity contribution in [2.45, 2.75) is 51.7 Å². The van der Waals surface area contributed by atoms with Crippen LogP contribution in [-0.4, -0.2) is 40.7 Å². The van der Waals surface area contributed by atoms with Crippen LogP contribution in [-0.2, 0) is 4.74 Å². The number of fused-ring (bicyclic) bond motifs is 1. The maximum absolute atomic E-state index is 12.6. The van der Waals surface area contributed by atoms with Crippen LogP contribution in [0.25, 0.3) is 10.9 Å². The minimum atomic E-state index is -0.508. The second-order valence-electron chi connectivity index (χ2n) is 7.91. The second kappa shape index (κ2) is 7.80. The smallest absolute Gasteiger partial charge is 0.410 e. The molecule has 0 saturated carbocycles. The summed E-state index contributed by atoms with van der Waals surface area (Å²) < 4.78 is 5.58. The molecule has 1 unspecified atom stereocenters. The average molecular weight is 391 g/mol. The number of nitrogens with one attached hydrogen (secondary N) is 1. The summed E-state index contributed by atoms with van der Waals surface area (Å²) in [6.07, 6.45) is 2.73. The van der Waals surface area contributed by atoms with Gasteiger partial charge in [0.1, 0.15) is 5.60 Å². The number of hydrogen-bond donors (Lipinski definition) is 2. The van der Waals surface area contributed by atoms with Gasteiger partial charge in [0.25, 0.3) is 0 Å². The molecule has 3 rings (SSSR count). The molecule has 2 heterocycles. The van der Waals surface area contributed by atoms with E-state index in [2.05, 4.69) is 10.3 Å². The Kier molecular flexibility index (Phi) is 5.65. The molecule has 1 atom stereocenters. The van der Waals surface area contributed by atoms with Gasteiger partial charge >= 0.3 is 6.09 Å². The molecule has 1 aromatic carbocycles. The van der Waals surface area contributed by atoms with E-state index in [1.54, 1.807) is 0 Å². The van der Waals surface area contributed by atoms with Crippen molar-refractivity contribution in [3.63, 3.8) is 0 Å². The van der Waals surface area contributed by atoms with Gasteiger partial charge in [0.2, 0.25) is 0 Å². The average Bonchev–Trinajstić information content (AvgIpc) is 2.61. The van der Waals surface area contributed by atoms with E-state index in [4.69, 9.17) is 22.1 Å². The van der Waals surface area contributed by atoms with Gasteiger partial charge < -0.3 is 20.7 Å². The highest BCUT2D eigenvalue weighted by atomic mass is 35.5. The number of likely N-dealkylation sites (tertiary alicyclic amines) is 1. The first-order valence-electron chi connectivity index (χ1n) is 9.33. The molecular formula is C20H27ClN4O2. The molecule has 1 saturated heterocycles. The van der Waals surface area contributed by atoms with Crippen molar-refractivity contribution >= 4 is 40.0 Å². The highest BCUT2D eigenvalue weighted by Crippen LogP contribution is 2.33.